The summed E-state index contributed by atoms with van der Waals surface area (Å²) in [5, 5.41) is 0.867. The fourth-order valence-corrected chi connectivity index (χ4v) is 5.24. The Hall–Kier alpha value is -2.36. The molecule has 2 aliphatic carbocycles. The Morgan fingerprint density at radius 3 is 2.67 bits per heavy atom. The van der Waals surface area contributed by atoms with Gasteiger partial charge in [-0.1, -0.05) is 32.4 Å². The maximum atomic E-state index is 12.7. The van der Waals surface area contributed by atoms with Crippen LogP contribution in [0.2, 0.25) is 0 Å². The van der Waals surface area contributed by atoms with Crippen LogP contribution in [0.25, 0.3) is 11.0 Å². The van der Waals surface area contributed by atoms with Gasteiger partial charge < -0.3 is 9.15 Å². The van der Waals surface area contributed by atoms with Gasteiger partial charge in [-0.05, 0) is 42.9 Å². The van der Waals surface area contributed by atoms with Crippen molar-refractivity contribution in [3.63, 3.8) is 0 Å². The van der Waals surface area contributed by atoms with Crippen LogP contribution < -0.4 is 10.4 Å². The van der Waals surface area contributed by atoms with Crippen molar-refractivity contribution in [3.8, 4) is 5.75 Å². The molecule has 142 valence electrons. The van der Waals surface area contributed by atoms with Crippen molar-refractivity contribution >= 4 is 16.8 Å². The molecule has 1 fully saturated rings. The molecule has 1 heterocycles. The summed E-state index contributed by atoms with van der Waals surface area (Å²) in [4.78, 5) is 24.1. The zero-order valence-electron chi connectivity index (χ0n) is 16.4. The second kappa shape index (κ2) is 6.08. The molecule has 0 saturated heterocycles. The van der Waals surface area contributed by atoms with Crippen LogP contribution in [0.5, 0.6) is 5.75 Å². The minimum atomic E-state index is -0.368. The van der Waals surface area contributed by atoms with E-state index in [1.165, 1.54) is 11.6 Å². The Kier molecular flexibility index (Phi) is 4.06. The Labute approximate surface area is 159 Å². The number of ether oxygens (including phenoxy) is 1. The number of hydrogen-bond donors (Lipinski definition) is 0. The summed E-state index contributed by atoms with van der Waals surface area (Å²) >= 11 is 0. The summed E-state index contributed by atoms with van der Waals surface area (Å²) in [7, 11) is 0. The van der Waals surface area contributed by atoms with Crippen LogP contribution in [-0.4, -0.2) is 12.4 Å². The van der Waals surface area contributed by atoms with E-state index >= 15 is 0 Å². The zero-order chi connectivity index (χ0) is 19.4. The number of hydrogen-bond acceptors (Lipinski definition) is 4. The van der Waals surface area contributed by atoms with E-state index < -0.39 is 0 Å². The van der Waals surface area contributed by atoms with Crippen molar-refractivity contribution in [2.45, 2.75) is 40.5 Å². The molecule has 0 amide bonds. The summed E-state index contributed by atoms with van der Waals surface area (Å²) in [6.07, 6.45) is 3.84. The molecule has 2 aromatic rings. The lowest BCUT2D eigenvalue weighted by molar-refractivity contribution is -0.125. The molecule has 0 aliphatic heterocycles. The molecule has 3 atom stereocenters. The molecule has 4 rings (SSSR count). The third-order valence-electron chi connectivity index (χ3n) is 6.96. The van der Waals surface area contributed by atoms with Gasteiger partial charge in [-0.3, -0.25) is 4.79 Å². The highest BCUT2D eigenvalue weighted by Crippen LogP contribution is 2.60. The lowest BCUT2D eigenvalue weighted by Gasteiger charge is -2.45. The SMILES string of the molecule is CC1=CC[C@H]2C(C)(C)C(=O)C[C@@]2(C)[C@H]1COc1ccc2ccc(=O)oc2c1. The van der Waals surface area contributed by atoms with Crippen LogP contribution in [0.3, 0.4) is 0 Å². The van der Waals surface area contributed by atoms with E-state index in [-0.39, 0.29) is 22.4 Å². The average Bonchev–Trinajstić information content (AvgIpc) is 2.78. The topological polar surface area (TPSA) is 56.5 Å². The lowest BCUT2D eigenvalue weighted by atomic mass is 9.59. The average molecular weight is 366 g/mol. The Bertz CT molecular complexity index is 997. The number of carbonyl (C=O) groups excluding carboxylic acids is 1. The summed E-state index contributed by atoms with van der Waals surface area (Å²) in [5.41, 5.74) is 1.09. The number of allylic oxidation sites excluding steroid dienone is 1. The van der Waals surface area contributed by atoms with Gasteiger partial charge in [0, 0.05) is 35.3 Å². The molecule has 0 unspecified atom stereocenters. The Balaban J connectivity index is 1.60. The quantitative estimate of drug-likeness (QED) is 0.580. The van der Waals surface area contributed by atoms with Crippen molar-refractivity contribution < 1.29 is 13.9 Å². The summed E-state index contributed by atoms with van der Waals surface area (Å²) in [6.45, 7) is 9.08. The van der Waals surface area contributed by atoms with Gasteiger partial charge in [0.2, 0.25) is 0 Å². The lowest BCUT2D eigenvalue weighted by Crippen LogP contribution is -2.41. The maximum absolute atomic E-state index is 12.7. The fourth-order valence-electron chi connectivity index (χ4n) is 5.24. The molecule has 0 radical (unpaired) electrons. The largest absolute Gasteiger partial charge is 0.493 e. The van der Waals surface area contributed by atoms with Gasteiger partial charge in [0.25, 0.3) is 0 Å². The highest BCUT2D eigenvalue weighted by Gasteiger charge is 2.59. The number of Topliss-reactive ketones (excluding diaryl/α,β-unsaturated/α-hetero) is 1. The van der Waals surface area contributed by atoms with Crippen molar-refractivity contribution in [3.05, 3.63) is 52.4 Å². The number of ketones is 1. The number of benzene rings is 1. The Morgan fingerprint density at radius 1 is 1.15 bits per heavy atom. The molecule has 4 nitrogen and oxygen atoms in total. The molecular weight excluding hydrogens is 340 g/mol. The smallest absolute Gasteiger partial charge is 0.336 e. The van der Waals surface area contributed by atoms with E-state index in [0.717, 1.165) is 11.8 Å². The zero-order valence-corrected chi connectivity index (χ0v) is 16.4. The first-order chi connectivity index (χ1) is 12.7. The van der Waals surface area contributed by atoms with Crippen molar-refractivity contribution in [1.29, 1.82) is 0 Å². The van der Waals surface area contributed by atoms with Gasteiger partial charge in [-0.25, -0.2) is 4.79 Å². The molecule has 4 heteroatoms. The maximum Gasteiger partial charge on any atom is 0.336 e. The first kappa shape index (κ1) is 18.0. The second-order valence-electron chi connectivity index (χ2n) is 8.88. The highest BCUT2D eigenvalue weighted by atomic mass is 16.5. The Morgan fingerprint density at radius 2 is 1.89 bits per heavy atom. The molecule has 1 aromatic heterocycles. The fraction of sp³-hybridized carbons (Fsp3) is 0.478. The van der Waals surface area contributed by atoms with Crippen molar-refractivity contribution in [1.82, 2.24) is 0 Å². The van der Waals surface area contributed by atoms with Gasteiger partial charge in [0.1, 0.15) is 17.1 Å². The van der Waals surface area contributed by atoms with Crippen LogP contribution >= 0.6 is 0 Å². The van der Waals surface area contributed by atoms with Crippen LogP contribution in [0.1, 0.15) is 40.5 Å². The van der Waals surface area contributed by atoms with Crippen LogP contribution in [0, 0.1) is 22.7 Å². The van der Waals surface area contributed by atoms with E-state index in [9.17, 15) is 9.59 Å². The first-order valence-corrected chi connectivity index (χ1v) is 9.58. The van der Waals surface area contributed by atoms with Gasteiger partial charge in [-0.2, -0.15) is 0 Å². The molecule has 1 aromatic carbocycles. The van der Waals surface area contributed by atoms with Crippen LogP contribution in [0.4, 0.5) is 0 Å². The molecule has 1 saturated carbocycles. The first-order valence-electron chi connectivity index (χ1n) is 9.58. The van der Waals surface area contributed by atoms with Gasteiger partial charge >= 0.3 is 5.63 Å². The third-order valence-corrected chi connectivity index (χ3v) is 6.96. The van der Waals surface area contributed by atoms with Gasteiger partial charge in [-0.15, -0.1) is 0 Å². The molecule has 0 spiro atoms. The molecule has 0 N–H and O–H groups in total. The van der Waals surface area contributed by atoms with E-state index in [1.807, 2.05) is 12.1 Å². The van der Waals surface area contributed by atoms with E-state index in [4.69, 9.17) is 9.15 Å². The molecule has 2 aliphatic rings. The van der Waals surface area contributed by atoms with Crippen molar-refractivity contribution in [2.24, 2.45) is 22.7 Å². The van der Waals surface area contributed by atoms with Crippen LogP contribution in [-0.2, 0) is 4.79 Å². The third kappa shape index (κ3) is 2.82. The number of fused-ring (bicyclic) bond motifs is 2. The van der Waals surface area contributed by atoms with E-state index in [0.29, 0.717) is 36.1 Å². The monoisotopic (exact) mass is 366 g/mol. The minimum absolute atomic E-state index is 0.0805. The van der Waals surface area contributed by atoms with E-state index in [2.05, 4.69) is 33.8 Å². The molecule has 27 heavy (non-hydrogen) atoms. The number of carbonyl (C=O) groups is 1. The standard InChI is InChI=1S/C23H26O4/c1-14-5-9-19-22(2,3)20(24)12-23(19,4)17(14)13-26-16-8-6-15-7-10-21(25)27-18(15)11-16/h5-8,10-11,17,19H,9,12-13H2,1-4H3/t17-,19-,23-/m0/s1. The van der Waals surface area contributed by atoms with Gasteiger partial charge in [0.15, 0.2) is 0 Å². The van der Waals surface area contributed by atoms with Crippen molar-refractivity contribution in [2.75, 3.05) is 6.61 Å². The summed E-state index contributed by atoms with van der Waals surface area (Å²) < 4.78 is 11.4. The molecule has 0 bridgehead atoms. The van der Waals surface area contributed by atoms with E-state index in [1.54, 1.807) is 12.1 Å². The minimum Gasteiger partial charge on any atom is -0.493 e. The van der Waals surface area contributed by atoms with Gasteiger partial charge in [0.05, 0.1) is 6.61 Å². The van der Waals surface area contributed by atoms with Crippen LogP contribution in [0.15, 0.2) is 51.2 Å². The second-order valence-corrected chi connectivity index (χ2v) is 8.88. The predicted octanol–water partition coefficient (Wildman–Crippen LogP) is 4.76. The number of rotatable bonds is 3. The highest BCUT2D eigenvalue weighted by molar-refractivity contribution is 5.88. The normalized spacial score (nSPS) is 29.5. The summed E-state index contributed by atoms with van der Waals surface area (Å²) in [6, 6.07) is 8.72. The predicted molar refractivity (Wildman–Crippen MR) is 105 cm³/mol. The molecular formula is C23H26O4. The summed E-state index contributed by atoms with van der Waals surface area (Å²) in [5.74, 6) is 1.57.